The Morgan fingerprint density at radius 3 is 2.04 bits per heavy atom. The Morgan fingerprint density at radius 2 is 1.52 bits per heavy atom. The van der Waals surface area contributed by atoms with Crippen LogP contribution in [0.5, 0.6) is 0 Å². The van der Waals surface area contributed by atoms with Gasteiger partial charge in [0.2, 0.25) is 0 Å². The van der Waals surface area contributed by atoms with E-state index in [0.717, 1.165) is 38.5 Å². The molecule has 1 atom stereocenters. The van der Waals surface area contributed by atoms with Crippen LogP contribution in [-0.2, 0) is 31.7 Å². The van der Waals surface area contributed by atoms with Crippen LogP contribution in [0.2, 0.25) is 0 Å². The Labute approximate surface area is 165 Å². The summed E-state index contributed by atoms with van der Waals surface area (Å²) in [5, 5.41) is 0. The van der Waals surface area contributed by atoms with Gasteiger partial charge in [0.05, 0.1) is 26.4 Å². The maximum absolute atomic E-state index is 12.9. The van der Waals surface area contributed by atoms with Gasteiger partial charge in [0.1, 0.15) is 0 Å². The van der Waals surface area contributed by atoms with Gasteiger partial charge in [-0.05, 0) is 26.2 Å². The van der Waals surface area contributed by atoms with Gasteiger partial charge < -0.3 is 9.05 Å². The van der Waals surface area contributed by atoms with Crippen molar-refractivity contribution >= 4 is 15.4 Å². The van der Waals surface area contributed by atoms with E-state index in [9.17, 15) is 9.13 Å². The highest BCUT2D eigenvalue weighted by Gasteiger charge is 2.39. The van der Waals surface area contributed by atoms with Crippen LogP contribution >= 0.6 is 15.4 Å². The largest absolute Gasteiger partial charge is 0.475 e. The van der Waals surface area contributed by atoms with Crippen molar-refractivity contribution in [2.24, 2.45) is 5.41 Å². The van der Waals surface area contributed by atoms with Crippen molar-refractivity contribution in [1.29, 1.82) is 0 Å². The van der Waals surface area contributed by atoms with Crippen LogP contribution in [0.15, 0.2) is 0 Å². The Hall–Kier alpha value is 0.260. The summed E-state index contributed by atoms with van der Waals surface area (Å²) >= 11 is 0. The summed E-state index contributed by atoms with van der Waals surface area (Å²) in [4.78, 5) is 0. The predicted octanol–water partition coefficient (Wildman–Crippen LogP) is 6.22. The number of phosphoric ester groups is 1. The molecule has 0 aliphatic carbocycles. The molecule has 9 heteroatoms. The molecule has 1 aliphatic rings. The fraction of sp³-hybridized carbons (Fsp3) is 0.944. The molecule has 1 rings (SSSR count). The molecule has 0 saturated carbocycles. The maximum Gasteiger partial charge on any atom is 0.475 e. The molecule has 1 heterocycles. The van der Waals surface area contributed by atoms with E-state index >= 15 is 0 Å². The molecule has 0 aromatic heterocycles. The minimum atomic E-state index is -3.82. The van der Waals surface area contributed by atoms with Crippen molar-refractivity contribution in [1.82, 2.24) is 0 Å². The smallest absolute Gasteiger partial charge is 0.306 e. The zero-order valence-corrected chi connectivity index (χ0v) is 18.8. The minimum absolute atomic E-state index is 0.215. The zero-order chi connectivity index (χ0) is 20.2. The predicted molar refractivity (Wildman–Crippen MR) is 106 cm³/mol. The van der Waals surface area contributed by atoms with Gasteiger partial charge in [-0.2, -0.15) is 0 Å². The average molecular weight is 426 g/mol. The van der Waals surface area contributed by atoms with Crippen LogP contribution in [0.3, 0.4) is 0 Å². The number of unbranched alkanes of at least 4 members (excludes halogenated alkanes) is 6. The Morgan fingerprint density at radius 1 is 0.963 bits per heavy atom. The van der Waals surface area contributed by atoms with Gasteiger partial charge in [-0.3, -0.25) is 18.1 Å². The Kier molecular flexibility index (Phi) is 11.9. The Bertz CT molecular complexity index is 464. The molecule has 27 heavy (non-hydrogen) atoms. The molecule has 160 valence electrons. The van der Waals surface area contributed by atoms with Crippen molar-refractivity contribution < 1.29 is 31.7 Å². The highest BCUT2D eigenvalue weighted by atomic mass is 31.2. The molecule has 0 bridgehead atoms. The molecule has 2 radical (unpaired) electrons. The molecule has 1 aliphatic heterocycles. The fourth-order valence-corrected chi connectivity index (χ4v) is 5.63. The third-order valence-corrected chi connectivity index (χ3v) is 7.16. The third-order valence-electron chi connectivity index (χ3n) is 4.02. The van der Waals surface area contributed by atoms with Crippen LogP contribution in [0.1, 0.15) is 72.1 Å². The standard InChI is InChI=1S/C18H36O7P2/c1-5-7-9-11-13-21-27(20,22-14-12-10-8-6-2)25-17-26(19)23-15-18(3,4)16-24-26/h1H,5-17H2,2-4H3. The van der Waals surface area contributed by atoms with Crippen molar-refractivity contribution in [2.75, 3.05) is 32.8 Å². The summed E-state index contributed by atoms with van der Waals surface area (Å²) in [5.41, 5.74) is -0.215. The Balaban J connectivity index is 2.50. The van der Waals surface area contributed by atoms with E-state index in [1.807, 2.05) is 13.8 Å². The monoisotopic (exact) mass is 426 g/mol. The van der Waals surface area contributed by atoms with Crippen LogP contribution < -0.4 is 0 Å². The molecule has 0 aromatic rings. The number of phosphoric acid groups is 1. The number of rotatable bonds is 15. The lowest BCUT2D eigenvalue weighted by molar-refractivity contribution is 0.0312. The highest BCUT2D eigenvalue weighted by Crippen LogP contribution is 2.59. The van der Waals surface area contributed by atoms with Crippen molar-refractivity contribution in [3.8, 4) is 0 Å². The van der Waals surface area contributed by atoms with Crippen LogP contribution in [0.25, 0.3) is 0 Å². The quantitative estimate of drug-likeness (QED) is 0.227. The lowest BCUT2D eigenvalue weighted by Crippen LogP contribution is -2.30. The molecule has 0 amide bonds. The molecule has 1 unspecified atom stereocenters. The summed E-state index contributed by atoms with van der Waals surface area (Å²) in [6.45, 7) is 12.5. The summed E-state index contributed by atoms with van der Waals surface area (Å²) < 4.78 is 52.3. The van der Waals surface area contributed by atoms with Crippen LogP contribution in [-0.4, -0.2) is 32.8 Å². The number of hydrogen-bond donors (Lipinski definition) is 0. The topological polar surface area (TPSA) is 80.3 Å². The van der Waals surface area contributed by atoms with E-state index in [-0.39, 0.29) is 31.8 Å². The van der Waals surface area contributed by atoms with E-state index in [1.54, 1.807) is 0 Å². The van der Waals surface area contributed by atoms with Gasteiger partial charge >= 0.3 is 15.4 Å². The molecular formula is C18H36O7P2. The first-order valence-corrected chi connectivity index (χ1v) is 13.0. The number of hydrogen-bond acceptors (Lipinski definition) is 7. The first kappa shape index (κ1) is 25.3. The fourth-order valence-electron chi connectivity index (χ4n) is 2.26. The first-order chi connectivity index (χ1) is 12.7. The second kappa shape index (κ2) is 12.7. The van der Waals surface area contributed by atoms with E-state index in [1.165, 1.54) is 0 Å². The first-order valence-electron chi connectivity index (χ1n) is 9.86. The summed E-state index contributed by atoms with van der Waals surface area (Å²) in [6.07, 6.45) is 6.52. The van der Waals surface area contributed by atoms with Gasteiger partial charge in [-0.1, -0.05) is 52.9 Å². The second-order valence-electron chi connectivity index (χ2n) is 7.60. The van der Waals surface area contributed by atoms with Crippen molar-refractivity contribution in [3.63, 3.8) is 0 Å². The summed E-state index contributed by atoms with van der Waals surface area (Å²) in [5.74, 6) is 0. The molecule has 1 fully saturated rings. The molecule has 0 aromatic carbocycles. The van der Waals surface area contributed by atoms with Gasteiger partial charge in [-0.25, -0.2) is 4.57 Å². The normalized spacial score (nSPS) is 19.3. The zero-order valence-electron chi connectivity index (χ0n) is 17.0. The summed E-state index contributed by atoms with van der Waals surface area (Å²) in [6, 6.07) is 0. The van der Waals surface area contributed by atoms with Gasteiger partial charge in [-0.15, -0.1) is 0 Å². The van der Waals surface area contributed by atoms with E-state index in [4.69, 9.17) is 29.5 Å². The third kappa shape index (κ3) is 11.1. The SMILES string of the molecule is [CH]CCCCCOP(=O)(OCCCCCC)OCP1(=O)OCC(C)(C)CO1. The molecule has 0 N–H and O–H groups in total. The summed E-state index contributed by atoms with van der Waals surface area (Å²) in [7, 11) is -7.28. The lowest BCUT2D eigenvalue weighted by Gasteiger charge is -2.34. The van der Waals surface area contributed by atoms with Crippen molar-refractivity contribution in [3.05, 3.63) is 6.92 Å². The van der Waals surface area contributed by atoms with Gasteiger partial charge in [0, 0.05) is 5.41 Å². The second-order valence-corrected chi connectivity index (χ2v) is 11.3. The molecule has 0 spiro atoms. The minimum Gasteiger partial charge on any atom is -0.306 e. The molecule has 1 saturated heterocycles. The van der Waals surface area contributed by atoms with E-state index < -0.39 is 21.8 Å². The van der Waals surface area contributed by atoms with Crippen LogP contribution in [0, 0.1) is 12.3 Å². The average Bonchev–Trinajstić information content (AvgIpc) is 2.63. The maximum atomic E-state index is 12.9. The highest BCUT2D eigenvalue weighted by molar-refractivity contribution is 7.55. The lowest BCUT2D eigenvalue weighted by atomic mass is 9.97. The van der Waals surface area contributed by atoms with Gasteiger partial charge in [0.25, 0.3) is 0 Å². The van der Waals surface area contributed by atoms with E-state index in [2.05, 4.69) is 6.92 Å². The van der Waals surface area contributed by atoms with Crippen molar-refractivity contribution in [2.45, 2.75) is 72.1 Å². The van der Waals surface area contributed by atoms with Crippen LogP contribution in [0.4, 0.5) is 0 Å². The van der Waals surface area contributed by atoms with E-state index in [0.29, 0.717) is 12.8 Å². The molecule has 7 nitrogen and oxygen atoms in total. The van der Waals surface area contributed by atoms with Gasteiger partial charge in [0.15, 0.2) is 6.35 Å². The molecular weight excluding hydrogens is 390 g/mol.